The quantitative estimate of drug-likeness (QED) is 0.114. The van der Waals surface area contributed by atoms with Crippen LogP contribution in [0.2, 0.25) is 0 Å². The maximum absolute atomic E-state index is 4.91. The summed E-state index contributed by atoms with van der Waals surface area (Å²) in [5.74, 6) is 1.53. The molecule has 52 heavy (non-hydrogen) atoms. The minimum atomic E-state index is 0.403. The van der Waals surface area contributed by atoms with Gasteiger partial charge >= 0.3 is 0 Å². The van der Waals surface area contributed by atoms with E-state index in [1.165, 1.54) is 140 Å². The Labute approximate surface area is 321 Å². The Bertz CT molecular complexity index is 1630. The maximum atomic E-state index is 4.91. The van der Waals surface area contributed by atoms with Gasteiger partial charge in [-0.3, -0.25) is 4.68 Å². The number of aryl methyl sites for hydroxylation is 1. The minimum Gasteiger partial charge on any atom is -0.262 e. The van der Waals surface area contributed by atoms with Crippen LogP contribution in [0.5, 0.6) is 0 Å². The normalized spacial score (nSPS) is 14.8. The van der Waals surface area contributed by atoms with Crippen LogP contribution in [0.25, 0.3) is 28.6 Å². The lowest BCUT2D eigenvalue weighted by Crippen LogP contribution is -2.25. The smallest absolute Gasteiger partial charge is 0.0688 e. The van der Waals surface area contributed by atoms with E-state index in [2.05, 4.69) is 130 Å². The summed E-state index contributed by atoms with van der Waals surface area (Å²) in [6.45, 7) is 34.2. The van der Waals surface area contributed by atoms with E-state index in [-0.39, 0.29) is 0 Å². The van der Waals surface area contributed by atoms with Crippen molar-refractivity contribution in [1.82, 2.24) is 9.78 Å². The zero-order valence-electron chi connectivity index (χ0n) is 35.6. The molecule has 1 aliphatic carbocycles. The summed E-state index contributed by atoms with van der Waals surface area (Å²) in [6.07, 6.45) is 25.5. The standard InChI is InChI=1S/C21H32N2.C15H30.C14H16/c1-4-5-7-10-16(2)18-13-14-21-20(15-18)17(3)22-23(21)19-11-8-6-9-12-19;1-7-9-10-14(8-2)11-13(3)12-15(4,5)6;1-5-7-13-9-8-12(6-2)10-14(13)11(3)4/h13-16,19H,4-12H2,1-3H3;14H,3,7-12H2,1-2,4-6H3;5-10H,1-2H2,3-4H3/b;;13-7-/t;14-;/m.0./s1. The van der Waals surface area contributed by atoms with Crippen molar-refractivity contribution in [1.29, 1.82) is 0 Å². The molecule has 288 valence electrons. The van der Waals surface area contributed by atoms with Crippen LogP contribution < -0.4 is 10.4 Å². The van der Waals surface area contributed by atoms with Crippen LogP contribution in [-0.2, 0) is 0 Å². The number of unbranched alkanes of at least 4 members (excludes halogenated alkanes) is 3. The number of allylic oxidation sites excluding steroid dienone is 2. The number of rotatable bonds is 15. The summed E-state index contributed by atoms with van der Waals surface area (Å²) in [6, 6.07) is 14.0. The van der Waals surface area contributed by atoms with Crippen LogP contribution in [0.4, 0.5) is 0 Å². The Kier molecular flexibility index (Phi) is 20.4. The highest BCUT2D eigenvalue weighted by atomic mass is 15.3. The summed E-state index contributed by atoms with van der Waals surface area (Å²) >= 11 is 0. The van der Waals surface area contributed by atoms with E-state index in [9.17, 15) is 0 Å². The van der Waals surface area contributed by atoms with Crippen LogP contribution in [0.3, 0.4) is 0 Å². The van der Waals surface area contributed by atoms with Gasteiger partial charge in [0.05, 0.1) is 17.3 Å². The summed E-state index contributed by atoms with van der Waals surface area (Å²) in [5.41, 5.74) is 8.35. The number of nitrogens with zero attached hydrogens (tertiary/aromatic N) is 2. The van der Waals surface area contributed by atoms with Gasteiger partial charge in [0.15, 0.2) is 0 Å². The average Bonchev–Trinajstić information content (AvgIpc) is 3.45. The molecule has 2 atom stereocenters. The first-order valence-electron chi connectivity index (χ1n) is 21.0. The predicted octanol–water partition coefficient (Wildman–Crippen LogP) is 14.6. The number of aromatic nitrogens is 2. The third-order valence-electron chi connectivity index (χ3n) is 10.7. The van der Waals surface area contributed by atoms with Crippen LogP contribution in [0.15, 0.2) is 67.8 Å². The second kappa shape index (κ2) is 23.5. The van der Waals surface area contributed by atoms with Crippen molar-refractivity contribution in [2.45, 2.75) is 178 Å². The molecular weight excluding hydrogens is 629 g/mol. The first-order valence-corrected chi connectivity index (χ1v) is 21.0. The number of benzene rings is 2. The molecule has 1 heterocycles. The zero-order chi connectivity index (χ0) is 38.7. The van der Waals surface area contributed by atoms with E-state index < -0.39 is 0 Å². The van der Waals surface area contributed by atoms with Crippen LogP contribution in [-0.4, -0.2) is 9.78 Å². The van der Waals surface area contributed by atoms with Crippen molar-refractivity contribution < 1.29 is 0 Å². The van der Waals surface area contributed by atoms with Crippen molar-refractivity contribution >= 4 is 28.6 Å². The van der Waals surface area contributed by atoms with Crippen molar-refractivity contribution in [3.63, 3.8) is 0 Å². The molecular formula is C50H78N2. The van der Waals surface area contributed by atoms with Gasteiger partial charge in [-0.05, 0) is 110 Å². The molecule has 1 aliphatic rings. The lowest BCUT2D eigenvalue weighted by Gasteiger charge is -2.23. The largest absolute Gasteiger partial charge is 0.262 e. The molecule has 0 bridgehead atoms. The Morgan fingerprint density at radius 2 is 1.62 bits per heavy atom. The third kappa shape index (κ3) is 15.5. The second-order valence-corrected chi connectivity index (χ2v) is 17.1. The Morgan fingerprint density at radius 1 is 0.923 bits per heavy atom. The number of hydrogen-bond acceptors (Lipinski definition) is 1. The molecule has 2 nitrogen and oxygen atoms in total. The molecule has 2 heteroatoms. The molecule has 2 aromatic carbocycles. The first kappa shape index (κ1) is 45.0. The number of hydrogen-bond donors (Lipinski definition) is 0. The fraction of sp³-hybridized carbons (Fsp3) is 0.580. The van der Waals surface area contributed by atoms with Gasteiger partial charge in [0.1, 0.15) is 0 Å². The molecule has 4 rings (SSSR count). The third-order valence-corrected chi connectivity index (χ3v) is 10.7. The Morgan fingerprint density at radius 3 is 2.19 bits per heavy atom. The number of fused-ring (bicyclic) bond motifs is 1. The monoisotopic (exact) mass is 707 g/mol. The molecule has 0 aliphatic heterocycles. The highest BCUT2D eigenvalue weighted by Crippen LogP contribution is 2.33. The Balaban J connectivity index is 0.000000284. The fourth-order valence-corrected chi connectivity index (χ4v) is 7.67. The van der Waals surface area contributed by atoms with E-state index in [1.807, 2.05) is 18.2 Å². The molecule has 3 aromatic rings. The van der Waals surface area contributed by atoms with Crippen LogP contribution >= 0.6 is 0 Å². The SMILES string of the molecule is C=C(C[C@@H](CC)CCCC)CC(C)(C)C.C=C/C=c1/ccc(C=C)cc1=C(C)C.CCCCCC(C)c1ccc2c(c1)c(C)nn2C1CCCCC1. The van der Waals surface area contributed by atoms with E-state index in [0.29, 0.717) is 17.4 Å². The molecule has 0 saturated heterocycles. The second-order valence-electron chi connectivity index (χ2n) is 17.1. The van der Waals surface area contributed by atoms with E-state index in [1.54, 1.807) is 0 Å². The fourth-order valence-electron chi connectivity index (χ4n) is 7.67. The Hall–Kier alpha value is -3.13. The van der Waals surface area contributed by atoms with Gasteiger partial charge in [-0.15, -0.1) is 0 Å². The van der Waals surface area contributed by atoms with Crippen molar-refractivity contribution in [2.24, 2.45) is 11.3 Å². The minimum absolute atomic E-state index is 0.403. The topological polar surface area (TPSA) is 17.8 Å². The zero-order valence-corrected chi connectivity index (χ0v) is 35.6. The van der Waals surface area contributed by atoms with Gasteiger partial charge in [-0.2, -0.15) is 5.10 Å². The maximum Gasteiger partial charge on any atom is 0.0688 e. The lowest BCUT2D eigenvalue weighted by atomic mass is 9.83. The summed E-state index contributed by atoms with van der Waals surface area (Å²) < 4.78 is 2.33. The lowest BCUT2D eigenvalue weighted by molar-refractivity contribution is 0.336. The molecule has 1 aromatic heterocycles. The molecule has 1 unspecified atom stereocenters. The molecule has 1 fully saturated rings. The molecule has 0 radical (unpaired) electrons. The molecule has 1 saturated carbocycles. The summed E-state index contributed by atoms with van der Waals surface area (Å²) in [4.78, 5) is 0. The van der Waals surface area contributed by atoms with E-state index in [4.69, 9.17) is 5.10 Å². The van der Waals surface area contributed by atoms with Gasteiger partial charge in [0.25, 0.3) is 0 Å². The van der Waals surface area contributed by atoms with Gasteiger partial charge < -0.3 is 0 Å². The van der Waals surface area contributed by atoms with Gasteiger partial charge in [0.2, 0.25) is 0 Å². The molecule has 0 N–H and O–H groups in total. The summed E-state index contributed by atoms with van der Waals surface area (Å²) in [5, 5.41) is 8.76. The molecule has 0 amide bonds. The van der Waals surface area contributed by atoms with Gasteiger partial charge in [-0.25, -0.2) is 0 Å². The predicted molar refractivity (Wildman–Crippen MR) is 235 cm³/mol. The van der Waals surface area contributed by atoms with Gasteiger partial charge in [-0.1, -0.05) is 180 Å². The average molecular weight is 707 g/mol. The van der Waals surface area contributed by atoms with Crippen LogP contribution in [0.1, 0.15) is 187 Å². The molecule has 0 spiro atoms. The van der Waals surface area contributed by atoms with Gasteiger partial charge in [0, 0.05) is 5.39 Å². The van der Waals surface area contributed by atoms with Crippen LogP contribution in [0, 0.1) is 18.3 Å². The summed E-state index contributed by atoms with van der Waals surface area (Å²) in [7, 11) is 0. The van der Waals surface area contributed by atoms with Crippen molar-refractivity contribution in [3.8, 4) is 0 Å². The van der Waals surface area contributed by atoms with E-state index in [0.717, 1.165) is 11.5 Å². The van der Waals surface area contributed by atoms with E-state index >= 15 is 0 Å². The highest BCUT2D eigenvalue weighted by Gasteiger charge is 2.20. The first-order chi connectivity index (χ1) is 24.8. The van der Waals surface area contributed by atoms with Crippen molar-refractivity contribution in [3.05, 3.63) is 95.0 Å². The highest BCUT2D eigenvalue weighted by molar-refractivity contribution is 5.82. The van der Waals surface area contributed by atoms with Crippen molar-refractivity contribution in [2.75, 3.05) is 0 Å².